The van der Waals surface area contributed by atoms with E-state index in [1.807, 2.05) is 27.7 Å². The highest BCUT2D eigenvalue weighted by molar-refractivity contribution is 9.10. The molecule has 3 rings (SSSR count). The monoisotopic (exact) mass is 581 g/mol. The maximum Gasteiger partial charge on any atom is 0.348 e. The molecular weight excluding hydrogens is 542 g/mol. The number of hydrogen-bond acceptors (Lipinski definition) is 7. The molecular formula is C28H40BrNO5S. The average molecular weight is 583 g/mol. The number of benzene rings is 1. The Kier molecular flexibility index (Phi) is 12.4. The highest BCUT2D eigenvalue weighted by Crippen LogP contribution is 2.42. The molecule has 0 spiro atoms. The van der Waals surface area contributed by atoms with E-state index in [0.29, 0.717) is 24.1 Å². The minimum atomic E-state index is -0.321. The van der Waals surface area contributed by atoms with Gasteiger partial charge in [-0.25, -0.2) is 4.79 Å². The van der Waals surface area contributed by atoms with Gasteiger partial charge in [-0.15, -0.1) is 11.3 Å². The summed E-state index contributed by atoms with van der Waals surface area (Å²) in [5.41, 5.74) is 2.78. The van der Waals surface area contributed by atoms with Crippen molar-refractivity contribution in [2.24, 2.45) is 0 Å². The van der Waals surface area contributed by atoms with Crippen LogP contribution in [0.15, 0.2) is 28.7 Å². The minimum absolute atomic E-state index is 0.207. The van der Waals surface area contributed by atoms with Gasteiger partial charge in [0.15, 0.2) is 0 Å². The second-order valence-electron chi connectivity index (χ2n) is 9.45. The maximum absolute atomic E-state index is 12.2. The number of carbonyl (C=O) groups is 2. The lowest BCUT2D eigenvalue weighted by Gasteiger charge is -2.24. The van der Waals surface area contributed by atoms with Gasteiger partial charge in [-0.3, -0.25) is 4.79 Å². The number of carbonyl (C=O) groups excluding carboxylic acids is 2. The first-order valence-corrected chi connectivity index (χ1v) is 14.3. The van der Waals surface area contributed by atoms with Crippen molar-refractivity contribution in [3.05, 3.63) is 39.2 Å². The predicted octanol–water partition coefficient (Wildman–Crippen LogP) is 7.98. The predicted molar refractivity (Wildman–Crippen MR) is 151 cm³/mol. The summed E-state index contributed by atoms with van der Waals surface area (Å²) in [4.78, 5) is 24.2. The Balaban J connectivity index is 0.000000434. The van der Waals surface area contributed by atoms with E-state index in [4.69, 9.17) is 14.2 Å². The van der Waals surface area contributed by atoms with Gasteiger partial charge in [-0.1, -0.05) is 38.3 Å². The van der Waals surface area contributed by atoms with Crippen molar-refractivity contribution >= 4 is 44.9 Å². The molecule has 0 unspecified atom stereocenters. The molecule has 1 heterocycles. The number of thiophene rings is 1. The van der Waals surface area contributed by atoms with E-state index in [-0.39, 0.29) is 17.5 Å². The fourth-order valence-corrected chi connectivity index (χ4v) is 5.94. The Morgan fingerprint density at radius 1 is 1.17 bits per heavy atom. The molecule has 1 aliphatic carbocycles. The lowest BCUT2D eigenvalue weighted by molar-refractivity contribution is -0.153. The second kappa shape index (κ2) is 14.7. The second-order valence-corrected chi connectivity index (χ2v) is 11.3. The van der Waals surface area contributed by atoms with Crippen molar-refractivity contribution in [1.82, 2.24) is 0 Å². The van der Waals surface area contributed by atoms with Gasteiger partial charge >= 0.3 is 11.9 Å². The van der Waals surface area contributed by atoms with E-state index in [1.165, 1.54) is 57.5 Å². The fourth-order valence-electron chi connectivity index (χ4n) is 3.92. The van der Waals surface area contributed by atoms with Crippen LogP contribution in [0.5, 0.6) is 0 Å². The zero-order valence-corrected chi connectivity index (χ0v) is 24.8. The molecule has 0 radical (unpaired) electrons. The normalized spacial score (nSPS) is 14.0. The van der Waals surface area contributed by atoms with Crippen molar-refractivity contribution in [1.29, 1.82) is 0 Å². The number of anilines is 1. The smallest absolute Gasteiger partial charge is 0.348 e. The van der Waals surface area contributed by atoms with Crippen LogP contribution >= 0.6 is 27.3 Å². The van der Waals surface area contributed by atoms with E-state index in [0.717, 1.165) is 32.6 Å². The Bertz CT molecular complexity index is 998. The summed E-state index contributed by atoms with van der Waals surface area (Å²) in [5.74, 6) is -0.528. The first kappa shape index (κ1) is 30.3. The van der Waals surface area contributed by atoms with Gasteiger partial charge in [-0.2, -0.15) is 0 Å². The first-order valence-electron chi connectivity index (χ1n) is 12.7. The summed E-state index contributed by atoms with van der Waals surface area (Å²) in [5, 5.41) is 3.67. The van der Waals surface area contributed by atoms with Gasteiger partial charge in [0.2, 0.25) is 0 Å². The Hall–Kier alpha value is -1.90. The molecule has 200 valence electrons. The zero-order valence-electron chi connectivity index (χ0n) is 22.4. The summed E-state index contributed by atoms with van der Waals surface area (Å²) < 4.78 is 16.4. The molecule has 0 bridgehead atoms. The third-order valence-electron chi connectivity index (χ3n) is 6.14. The van der Waals surface area contributed by atoms with Crippen molar-refractivity contribution in [2.75, 3.05) is 19.0 Å². The Labute approximate surface area is 228 Å². The third-order valence-corrected chi connectivity index (χ3v) is 8.53. The molecule has 1 aromatic carbocycles. The SMILES string of the molecule is CCC(C)(C)OC(C)=O.CCOCc1c(C(=O)OC)sc(-c2cccc(NC3CCCCC3)c2)c1Br. The quantitative estimate of drug-likeness (QED) is 0.302. The van der Waals surface area contributed by atoms with Gasteiger partial charge in [0.1, 0.15) is 10.5 Å². The van der Waals surface area contributed by atoms with E-state index in [9.17, 15) is 9.59 Å². The van der Waals surface area contributed by atoms with Crippen molar-refractivity contribution in [3.8, 4) is 10.4 Å². The molecule has 1 aliphatic rings. The standard InChI is InChI=1S/C21H26BrNO3S.C7H14O2/c1-3-26-13-17-18(22)19(27-20(17)21(24)25-2)14-8-7-11-16(12-14)23-15-9-5-4-6-10-15;1-5-7(3,4)9-6(2)8/h7-8,11-12,15,23H,3-6,9-10,13H2,1-2H3;5H2,1-4H3. The molecule has 36 heavy (non-hydrogen) atoms. The number of esters is 2. The topological polar surface area (TPSA) is 73.9 Å². The number of ether oxygens (including phenoxy) is 3. The van der Waals surface area contributed by atoms with Crippen LogP contribution in [-0.4, -0.2) is 37.3 Å². The molecule has 1 saturated carbocycles. The fraction of sp³-hybridized carbons (Fsp3) is 0.571. The lowest BCUT2D eigenvalue weighted by atomic mass is 9.95. The van der Waals surface area contributed by atoms with Crippen LogP contribution < -0.4 is 5.32 Å². The highest BCUT2D eigenvalue weighted by Gasteiger charge is 2.23. The summed E-state index contributed by atoms with van der Waals surface area (Å²) in [6.45, 7) is 10.1. The third kappa shape index (κ3) is 9.20. The number of methoxy groups -OCH3 is 1. The summed E-state index contributed by atoms with van der Waals surface area (Å²) in [7, 11) is 1.41. The lowest BCUT2D eigenvalue weighted by Crippen LogP contribution is -2.25. The molecule has 2 aromatic rings. The summed E-state index contributed by atoms with van der Waals surface area (Å²) in [6, 6.07) is 8.97. The van der Waals surface area contributed by atoms with Gasteiger partial charge in [-0.05, 0) is 73.7 Å². The van der Waals surface area contributed by atoms with Crippen LogP contribution in [0.2, 0.25) is 0 Å². The molecule has 0 saturated heterocycles. The zero-order chi connectivity index (χ0) is 26.7. The van der Waals surface area contributed by atoms with E-state index in [2.05, 4.69) is 45.5 Å². The number of nitrogens with one attached hydrogen (secondary N) is 1. The Morgan fingerprint density at radius 2 is 1.86 bits per heavy atom. The maximum atomic E-state index is 12.2. The van der Waals surface area contributed by atoms with Crippen LogP contribution in [0, 0.1) is 0 Å². The summed E-state index contributed by atoms with van der Waals surface area (Å²) in [6.07, 6.45) is 7.27. The van der Waals surface area contributed by atoms with Crippen LogP contribution in [0.1, 0.15) is 88.4 Å². The van der Waals surface area contributed by atoms with Gasteiger partial charge in [0.05, 0.1) is 13.7 Å². The molecule has 1 aromatic heterocycles. The average Bonchev–Trinajstić information content (AvgIpc) is 3.18. The van der Waals surface area contributed by atoms with E-state index < -0.39 is 0 Å². The minimum Gasteiger partial charge on any atom is -0.465 e. The largest absolute Gasteiger partial charge is 0.465 e. The van der Waals surface area contributed by atoms with Crippen molar-refractivity contribution in [2.45, 2.75) is 91.4 Å². The molecule has 1 fully saturated rings. The van der Waals surface area contributed by atoms with Crippen molar-refractivity contribution in [3.63, 3.8) is 0 Å². The van der Waals surface area contributed by atoms with Crippen LogP contribution in [0.4, 0.5) is 5.69 Å². The molecule has 1 N–H and O–H groups in total. The number of halogens is 1. The number of hydrogen-bond donors (Lipinski definition) is 1. The van der Waals surface area contributed by atoms with Gasteiger partial charge in [0, 0.05) is 40.2 Å². The van der Waals surface area contributed by atoms with Crippen molar-refractivity contribution < 1.29 is 23.8 Å². The summed E-state index contributed by atoms with van der Waals surface area (Å²) >= 11 is 5.14. The molecule has 6 nitrogen and oxygen atoms in total. The molecule has 0 atom stereocenters. The van der Waals surface area contributed by atoms with E-state index in [1.54, 1.807) is 0 Å². The molecule has 0 aliphatic heterocycles. The molecule has 8 heteroatoms. The highest BCUT2D eigenvalue weighted by atomic mass is 79.9. The van der Waals surface area contributed by atoms with Crippen LogP contribution in [-0.2, 0) is 25.6 Å². The van der Waals surface area contributed by atoms with Crippen LogP contribution in [0.25, 0.3) is 10.4 Å². The first-order chi connectivity index (χ1) is 17.1. The Morgan fingerprint density at radius 3 is 2.42 bits per heavy atom. The van der Waals surface area contributed by atoms with Gasteiger partial charge in [0.25, 0.3) is 0 Å². The number of rotatable bonds is 9. The molecule has 0 amide bonds. The van der Waals surface area contributed by atoms with E-state index >= 15 is 0 Å². The van der Waals surface area contributed by atoms with Gasteiger partial charge < -0.3 is 19.5 Å². The van der Waals surface area contributed by atoms with Crippen LogP contribution in [0.3, 0.4) is 0 Å².